The first kappa shape index (κ1) is 17.4. The molecule has 1 heterocycles. The van der Waals surface area contributed by atoms with Crippen molar-refractivity contribution >= 4 is 22.4 Å². The molecule has 0 saturated carbocycles. The van der Waals surface area contributed by atoms with E-state index in [2.05, 4.69) is 12.2 Å². The van der Waals surface area contributed by atoms with Crippen LogP contribution in [0.25, 0.3) is 0 Å². The minimum Gasteiger partial charge on any atom is -0.315 e. The highest BCUT2D eigenvalue weighted by molar-refractivity contribution is 7.89. The summed E-state index contributed by atoms with van der Waals surface area (Å²) in [5.74, 6) is 0. The van der Waals surface area contributed by atoms with Crippen molar-refractivity contribution in [2.24, 2.45) is 0 Å². The maximum Gasteiger partial charge on any atom is 0.243 e. The summed E-state index contributed by atoms with van der Waals surface area (Å²) in [5, 5.41) is 3.22. The predicted octanol–water partition coefficient (Wildman–Crippen LogP) is 2.04. The Hall–Kier alpha value is -0.620. The average Bonchev–Trinajstić information content (AvgIpc) is 2.69. The summed E-state index contributed by atoms with van der Waals surface area (Å²) in [6.07, 6.45) is 2.94. The number of halogens is 1. The number of hydrogen-bond donors (Lipinski definition) is 1. The van der Waals surface area contributed by atoms with Gasteiger partial charge in [-0.15, -0.1) is 12.4 Å². The van der Waals surface area contributed by atoms with Crippen molar-refractivity contribution in [2.75, 3.05) is 26.2 Å². The summed E-state index contributed by atoms with van der Waals surface area (Å²) in [6.45, 7) is 4.90. The SMILES string of the molecule is CCCc1ccc(S(=O)(=O)N2CCCNCC2)cc1.Cl. The Morgan fingerprint density at radius 2 is 1.85 bits per heavy atom. The minimum atomic E-state index is -3.32. The van der Waals surface area contributed by atoms with Gasteiger partial charge in [0.25, 0.3) is 0 Å². The van der Waals surface area contributed by atoms with E-state index in [0.717, 1.165) is 32.4 Å². The van der Waals surface area contributed by atoms with Crippen LogP contribution in [-0.2, 0) is 16.4 Å². The van der Waals surface area contributed by atoms with Gasteiger partial charge in [-0.2, -0.15) is 4.31 Å². The zero-order valence-electron chi connectivity index (χ0n) is 11.8. The summed E-state index contributed by atoms with van der Waals surface area (Å²) in [5.41, 5.74) is 1.19. The van der Waals surface area contributed by atoms with Gasteiger partial charge in [-0.3, -0.25) is 0 Å². The molecule has 0 aromatic heterocycles. The lowest BCUT2D eigenvalue weighted by Gasteiger charge is -2.19. The number of nitrogens with one attached hydrogen (secondary N) is 1. The highest BCUT2D eigenvalue weighted by Crippen LogP contribution is 2.17. The monoisotopic (exact) mass is 318 g/mol. The van der Waals surface area contributed by atoms with Crippen molar-refractivity contribution in [2.45, 2.75) is 31.1 Å². The largest absolute Gasteiger partial charge is 0.315 e. The van der Waals surface area contributed by atoms with Crippen LogP contribution in [0.5, 0.6) is 0 Å². The third-order valence-electron chi connectivity index (χ3n) is 3.40. The molecule has 0 radical (unpaired) electrons. The second kappa shape index (κ2) is 7.98. The Morgan fingerprint density at radius 3 is 2.50 bits per heavy atom. The fourth-order valence-electron chi connectivity index (χ4n) is 2.33. The van der Waals surface area contributed by atoms with Gasteiger partial charge in [0.15, 0.2) is 0 Å². The maximum absolute atomic E-state index is 12.5. The lowest BCUT2D eigenvalue weighted by molar-refractivity contribution is 0.432. The molecule has 0 unspecified atom stereocenters. The maximum atomic E-state index is 12.5. The van der Waals surface area contributed by atoms with Gasteiger partial charge in [-0.05, 0) is 37.1 Å². The predicted molar refractivity (Wildman–Crippen MR) is 83.9 cm³/mol. The highest BCUT2D eigenvalue weighted by atomic mass is 35.5. The van der Waals surface area contributed by atoms with Crippen LogP contribution in [0, 0.1) is 0 Å². The van der Waals surface area contributed by atoms with Crippen molar-refractivity contribution in [1.82, 2.24) is 9.62 Å². The zero-order chi connectivity index (χ0) is 13.7. The lowest BCUT2D eigenvalue weighted by Crippen LogP contribution is -2.34. The number of benzene rings is 1. The molecular weight excluding hydrogens is 296 g/mol. The molecule has 1 saturated heterocycles. The van der Waals surface area contributed by atoms with E-state index in [9.17, 15) is 8.42 Å². The number of sulfonamides is 1. The van der Waals surface area contributed by atoms with E-state index in [0.29, 0.717) is 18.0 Å². The third kappa shape index (κ3) is 4.19. The second-order valence-electron chi connectivity index (χ2n) is 4.90. The van der Waals surface area contributed by atoms with Crippen LogP contribution in [0.4, 0.5) is 0 Å². The molecule has 0 bridgehead atoms. The molecule has 2 rings (SSSR count). The molecular formula is C14H23ClN2O2S. The van der Waals surface area contributed by atoms with E-state index < -0.39 is 10.0 Å². The number of hydrogen-bond acceptors (Lipinski definition) is 3. The van der Waals surface area contributed by atoms with Gasteiger partial charge in [-0.1, -0.05) is 25.5 Å². The summed E-state index contributed by atoms with van der Waals surface area (Å²) >= 11 is 0. The number of aryl methyl sites for hydroxylation is 1. The molecule has 0 aliphatic carbocycles. The van der Waals surface area contributed by atoms with Gasteiger partial charge in [0.05, 0.1) is 4.90 Å². The standard InChI is InChI=1S/C14H22N2O2S.ClH/c1-2-4-13-5-7-14(8-6-13)19(17,18)16-11-3-9-15-10-12-16;/h5-8,15H,2-4,9-12H2,1H3;1H. The van der Waals surface area contributed by atoms with Gasteiger partial charge in [0.1, 0.15) is 0 Å². The summed E-state index contributed by atoms with van der Waals surface area (Å²) in [6, 6.07) is 7.32. The van der Waals surface area contributed by atoms with E-state index in [4.69, 9.17) is 0 Å². The van der Waals surface area contributed by atoms with Crippen LogP contribution in [-0.4, -0.2) is 38.9 Å². The Bertz CT molecular complexity index is 494. The van der Waals surface area contributed by atoms with Gasteiger partial charge in [0, 0.05) is 19.6 Å². The molecule has 4 nitrogen and oxygen atoms in total. The van der Waals surface area contributed by atoms with Crippen LogP contribution >= 0.6 is 12.4 Å². The molecule has 0 spiro atoms. The molecule has 6 heteroatoms. The summed E-state index contributed by atoms with van der Waals surface area (Å²) in [7, 11) is -3.32. The first-order valence-corrected chi connectivity index (χ1v) is 8.38. The Balaban J connectivity index is 0.00000200. The van der Waals surface area contributed by atoms with Gasteiger partial charge in [-0.25, -0.2) is 8.42 Å². The van der Waals surface area contributed by atoms with E-state index in [-0.39, 0.29) is 12.4 Å². The molecule has 1 aliphatic rings. The zero-order valence-corrected chi connectivity index (χ0v) is 13.5. The molecule has 1 aliphatic heterocycles. The van der Waals surface area contributed by atoms with E-state index in [1.807, 2.05) is 12.1 Å². The molecule has 1 fully saturated rings. The molecule has 20 heavy (non-hydrogen) atoms. The Labute approximate surface area is 128 Å². The molecule has 114 valence electrons. The summed E-state index contributed by atoms with van der Waals surface area (Å²) in [4.78, 5) is 0.411. The first-order valence-electron chi connectivity index (χ1n) is 6.94. The average molecular weight is 319 g/mol. The van der Waals surface area contributed by atoms with Gasteiger partial charge >= 0.3 is 0 Å². The van der Waals surface area contributed by atoms with Crippen molar-refractivity contribution in [1.29, 1.82) is 0 Å². The highest BCUT2D eigenvalue weighted by Gasteiger charge is 2.24. The topological polar surface area (TPSA) is 49.4 Å². The second-order valence-corrected chi connectivity index (χ2v) is 6.84. The van der Waals surface area contributed by atoms with E-state index >= 15 is 0 Å². The summed E-state index contributed by atoms with van der Waals surface area (Å²) < 4.78 is 26.6. The minimum absolute atomic E-state index is 0. The quantitative estimate of drug-likeness (QED) is 0.924. The molecule has 1 aromatic rings. The lowest BCUT2D eigenvalue weighted by atomic mass is 10.1. The fourth-order valence-corrected chi connectivity index (χ4v) is 3.81. The van der Waals surface area contributed by atoms with Crippen LogP contribution < -0.4 is 5.32 Å². The number of nitrogens with zero attached hydrogens (tertiary/aromatic N) is 1. The van der Waals surface area contributed by atoms with Crippen molar-refractivity contribution in [3.8, 4) is 0 Å². The Morgan fingerprint density at radius 1 is 1.15 bits per heavy atom. The van der Waals surface area contributed by atoms with Gasteiger partial charge < -0.3 is 5.32 Å². The van der Waals surface area contributed by atoms with Crippen LogP contribution in [0.3, 0.4) is 0 Å². The molecule has 0 atom stereocenters. The normalized spacial score (nSPS) is 17.2. The van der Waals surface area contributed by atoms with Crippen LogP contribution in [0.15, 0.2) is 29.2 Å². The van der Waals surface area contributed by atoms with Crippen molar-refractivity contribution < 1.29 is 8.42 Å². The molecule has 0 amide bonds. The molecule has 1 N–H and O–H groups in total. The number of rotatable bonds is 4. The van der Waals surface area contributed by atoms with Crippen LogP contribution in [0.2, 0.25) is 0 Å². The van der Waals surface area contributed by atoms with E-state index in [1.165, 1.54) is 5.56 Å². The first-order chi connectivity index (χ1) is 9.14. The smallest absolute Gasteiger partial charge is 0.243 e. The van der Waals surface area contributed by atoms with E-state index in [1.54, 1.807) is 16.4 Å². The van der Waals surface area contributed by atoms with Crippen molar-refractivity contribution in [3.05, 3.63) is 29.8 Å². The van der Waals surface area contributed by atoms with Crippen molar-refractivity contribution in [3.63, 3.8) is 0 Å². The third-order valence-corrected chi connectivity index (χ3v) is 5.31. The van der Waals surface area contributed by atoms with Gasteiger partial charge in [0.2, 0.25) is 10.0 Å². The molecule has 1 aromatic carbocycles. The van der Waals surface area contributed by atoms with Crippen LogP contribution in [0.1, 0.15) is 25.3 Å². The Kier molecular flexibility index (Phi) is 6.95. The fraction of sp³-hybridized carbons (Fsp3) is 0.571.